The summed E-state index contributed by atoms with van der Waals surface area (Å²) in [6.07, 6.45) is 4.75. The fraction of sp³-hybridized carbons (Fsp3) is 0.467. The first-order valence-corrected chi connectivity index (χ1v) is 8.05. The summed E-state index contributed by atoms with van der Waals surface area (Å²) in [6.45, 7) is 2.12. The Morgan fingerprint density at radius 2 is 2.38 bits per heavy atom. The Morgan fingerprint density at radius 1 is 1.43 bits per heavy atom. The number of fused-ring (bicyclic) bond motifs is 1. The molecule has 21 heavy (non-hydrogen) atoms. The van der Waals surface area contributed by atoms with Gasteiger partial charge < -0.3 is 14.2 Å². The lowest BCUT2D eigenvalue weighted by molar-refractivity contribution is 0.0739. The van der Waals surface area contributed by atoms with Gasteiger partial charge in [0.1, 0.15) is 6.26 Å². The van der Waals surface area contributed by atoms with Gasteiger partial charge in [0.05, 0.1) is 23.2 Å². The Kier molecular flexibility index (Phi) is 3.27. The maximum absolute atomic E-state index is 12.6. The molecule has 6 heteroatoms. The Morgan fingerprint density at radius 3 is 3.24 bits per heavy atom. The molecule has 1 fully saturated rings. The first-order valence-electron chi connectivity index (χ1n) is 7.24. The average Bonchev–Trinajstić information content (AvgIpc) is 3.24. The van der Waals surface area contributed by atoms with Crippen LogP contribution < -0.4 is 0 Å². The first kappa shape index (κ1) is 13.0. The van der Waals surface area contributed by atoms with Gasteiger partial charge in [-0.15, -0.1) is 11.3 Å². The van der Waals surface area contributed by atoms with E-state index in [-0.39, 0.29) is 12.0 Å². The number of rotatable bonds is 2. The number of carbonyl (C=O) groups excluding carboxylic acids is 1. The zero-order valence-electron chi connectivity index (χ0n) is 11.6. The van der Waals surface area contributed by atoms with Gasteiger partial charge >= 0.3 is 0 Å². The summed E-state index contributed by atoms with van der Waals surface area (Å²) >= 11 is 1.56. The van der Waals surface area contributed by atoms with E-state index in [0.717, 1.165) is 42.0 Å². The molecule has 5 nitrogen and oxygen atoms in total. The van der Waals surface area contributed by atoms with Gasteiger partial charge in [-0.05, 0) is 25.0 Å². The first-order chi connectivity index (χ1) is 10.3. The van der Waals surface area contributed by atoms with E-state index in [2.05, 4.69) is 5.16 Å². The van der Waals surface area contributed by atoms with Gasteiger partial charge in [0.2, 0.25) is 0 Å². The number of nitrogens with zero attached hydrogens (tertiary/aromatic N) is 2. The van der Waals surface area contributed by atoms with Crippen molar-refractivity contribution in [3.63, 3.8) is 0 Å². The highest BCUT2D eigenvalue weighted by molar-refractivity contribution is 7.14. The third kappa shape index (κ3) is 2.38. The monoisotopic (exact) mass is 304 g/mol. The Hall–Kier alpha value is -1.66. The van der Waals surface area contributed by atoms with Crippen molar-refractivity contribution in [3.8, 4) is 0 Å². The number of aromatic nitrogens is 1. The summed E-state index contributed by atoms with van der Waals surface area (Å²) in [5.74, 6) is 0.0936. The van der Waals surface area contributed by atoms with Crippen molar-refractivity contribution in [3.05, 3.63) is 39.4 Å². The molecule has 110 valence electrons. The fourth-order valence-electron chi connectivity index (χ4n) is 2.91. The number of ether oxygens (including phenoxy) is 1. The Bertz CT molecular complexity index is 657. The molecule has 0 radical (unpaired) electrons. The number of hydrogen-bond acceptors (Lipinski definition) is 5. The summed E-state index contributed by atoms with van der Waals surface area (Å²) in [6, 6.07) is 3.95. The van der Waals surface area contributed by atoms with Crippen LogP contribution in [0.1, 0.15) is 44.8 Å². The minimum absolute atomic E-state index is 0.0936. The fourth-order valence-corrected chi connectivity index (χ4v) is 3.97. The second-order valence-corrected chi connectivity index (χ2v) is 6.58. The second kappa shape index (κ2) is 5.27. The SMILES string of the molecule is O=C(c1ccc([C@H]2CCCO2)s1)N1CCc2nocc2C1. The number of thiophene rings is 1. The summed E-state index contributed by atoms with van der Waals surface area (Å²) in [7, 11) is 0. The Balaban J connectivity index is 1.50. The van der Waals surface area contributed by atoms with Crippen LogP contribution in [0, 0.1) is 0 Å². The number of amides is 1. The molecular weight excluding hydrogens is 288 g/mol. The summed E-state index contributed by atoms with van der Waals surface area (Å²) in [5, 5.41) is 3.95. The van der Waals surface area contributed by atoms with E-state index in [1.54, 1.807) is 17.6 Å². The van der Waals surface area contributed by atoms with Crippen LogP contribution in [0.3, 0.4) is 0 Å². The summed E-state index contributed by atoms with van der Waals surface area (Å²) < 4.78 is 10.6. The number of carbonyl (C=O) groups is 1. The highest BCUT2D eigenvalue weighted by atomic mass is 32.1. The van der Waals surface area contributed by atoms with Crippen molar-refractivity contribution in [1.82, 2.24) is 10.1 Å². The average molecular weight is 304 g/mol. The van der Waals surface area contributed by atoms with Crippen LogP contribution in [-0.4, -0.2) is 29.1 Å². The predicted octanol–water partition coefficient (Wildman–Crippen LogP) is 2.79. The van der Waals surface area contributed by atoms with Crippen LogP contribution in [-0.2, 0) is 17.7 Å². The van der Waals surface area contributed by atoms with E-state index in [1.165, 1.54) is 4.88 Å². The summed E-state index contributed by atoms with van der Waals surface area (Å²) in [5.41, 5.74) is 2.00. The van der Waals surface area contributed by atoms with E-state index >= 15 is 0 Å². The molecular formula is C15H16N2O3S. The zero-order chi connectivity index (χ0) is 14.2. The highest BCUT2D eigenvalue weighted by Crippen LogP contribution is 2.34. The molecule has 1 amide bonds. The van der Waals surface area contributed by atoms with E-state index < -0.39 is 0 Å². The van der Waals surface area contributed by atoms with Crippen molar-refractivity contribution in [2.24, 2.45) is 0 Å². The van der Waals surface area contributed by atoms with Crippen LogP contribution in [0.5, 0.6) is 0 Å². The maximum atomic E-state index is 12.6. The van der Waals surface area contributed by atoms with Crippen LogP contribution in [0.2, 0.25) is 0 Å². The van der Waals surface area contributed by atoms with Gasteiger partial charge in [-0.25, -0.2) is 0 Å². The molecule has 4 rings (SSSR count). The third-order valence-corrected chi connectivity index (χ3v) is 5.25. The normalized spacial score (nSPS) is 21.5. The van der Waals surface area contributed by atoms with Gasteiger partial charge in [-0.2, -0.15) is 0 Å². The summed E-state index contributed by atoms with van der Waals surface area (Å²) in [4.78, 5) is 16.4. The van der Waals surface area contributed by atoms with Crippen molar-refractivity contribution < 1.29 is 14.1 Å². The lowest BCUT2D eigenvalue weighted by Gasteiger charge is -2.25. The van der Waals surface area contributed by atoms with Crippen LogP contribution in [0.25, 0.3) is 0 Å². The molecule has 0 bridgehead atoms. The van der Waals surface area contributed by atoms with Crippen molar-refractivity contribution >= 4 is 17.2 Å². The molecule has 4 heterocycles. The van der Waals surface area contributed by atoms with E-state index in [1.807, 2.05) is 17.0 Å². The topological polar surface area (TPSA) is 55.6 Å². The molecule has 2 aromatic rings. The lowest BCUT2D eigenvalue weighted by atomic mass is 10.1. The zero-order valence-corrected chi connectivity index (χ0v) is 12.4. The second-order valence-electron chi connectivity index (χ2n) is 5.47. The van der Waals surface area contributed by atoms with Crippen molar-refractivity contribution in [2.75, 3.05) is 13.2 Å². The van der Waals surface area contributed by atoms with Gasteiger partial charge in [-0.1, -0.05) is 5.16 Å². The molecule has 0 spiro atoms. The van der Waals surface area contributed by atoms with E-state index in [4.69, 9.17) is 9.26 Å². The molecule has 0 N–H and O–H groups in total. The standard InChI is InChI=1S/C15H16N2O3S/c18-15(17-6-5-11-10(8-17)9-20-16-11)14-4-3-13(21-14)12-2-1-7-19-12/h3-4,9,12H,1-2,5-8H2/t12-/m1/s1. The molecule has 0 unspecified atom stereocenters. The predicted molar refractivity (Wildman–Crippen MR) is 77.2 cm³/mol. The molecule has 2 aliphatic rings. The molecule has 2 aromatic heterocycles. The van der Waals surface area contributed by atoms with Crippen molar-refractivity contribution in [1.29, 1.82) is 0 Å². The lowest BCUT2D eigenvalue weighted by Crippen LogP contribution is -2.35. The van der Waals surface area contributed by atoms with Gasteiger partial charge in [0.25, 0.3) is 5.91 Å². The highest BCUT2D eigenvalue weighted by Gasteiger charge is 2.26. The van der Waals surface area contributed by atoms with Gasteiger partial charge in [0, 0.05) is 30.0 Å². The quantitative estimate of drug-likeness (QED) is 0.856. The molecule has 1 saturated heterocycles. The molecule has 0 saturated carbocycles. The third-order valence-electron chi connectivity index (χ3n) is 4.08. The van der Waals surface area contributed by atoms with Crippen molar-refractivity contribution in [2.45, 2.75) is 31.9 Å². The van der Waals surface area contributed by atoms with E-state index in [0.29, 0.717) is 13.1 Å². The van der Waals surface area contributed by atoms with Crippen LogP contribution in [0.4, 0.5) is 0 Å². The molecule has 0 aliphatic carbocycles. The minimum Gasteiger partial charge on any atom is -0.373 e. The largest absolute Gasteiger partial charge is 0.373 e. The minimum atomic E-state index is 0.0936. The molecule has 2 aliphatic heterocycles. The van der Waals surface area contributed by atoms with Gasteiger partial charge in [0.15, 0.2) is 0 Å². The van der Waals surface area contributed by atoms with Crippen LogP contribution >= 0.6 is 11.3 Å². The maximum Gasteiger partial charge on any atom is 0.264 e. The number of hydrogen-bond donors (Lipinski definition) is 0. The molecule has 1 atom stereocenters. The smallest absolute Gasteiger partial charge is 0.264 e. The Labute approximate surface area is 126 Å². The van der Waals surface area contributed by atoms with E-state index in [9.17, 15) is 4.79 Å². The van der Waals surface area contributed by atoms with Crippen LogP contribution in [0.15, 0.2) is 22.9 Å². The molecule has 0 aromatic carbocycles. The van der Waals surface area contributed by atoms with Gasteiger partial charge in [-0.3, -0.25) is 4.79 Å².